The van der Waals surface area contributed by atoms with Gasteiger partial charge in [0.25, 0.3) is 0 Å². The van der Waals surface area contributed by atoms with E-state index in [-0.39, 0.29) is 0 Å². The number of hydrogen-bond acceptors (Lipinski definition) is 3. The van der Waals surface area contributed by atoms with Crippen LogP contribution >= 0.6 is 11.3 Å². The summed E-state index contributed by atoms with van der Waals surface area (Å²) in [6.07, 6.45) is 12.0. The van der Waals surface area contributed by atoms with Crippen molar-refractivity contribution in [1.29, 1.82) is 0 Å². The molecule has 1 unspecified atom stereocenters. The average molecular weight is 245 g/mol. The van der Waals surface area contributed by atoms with Crippen molar-refractivity contribution in [2.24, 2.45) is 0 Å². The molecule has 88 valence electrons. The molecule has 3 nitrogen and oxygen atoms in total. The van der Waals surface area contributed by atoms with Crippen LogP contribution in [0.25, 0.3) is 0 Å². The third kappa shape index (κ3) is 2.31. The average Bonchev–Trinajstić information content (AvgIpc) is 3.02. The lowest BCUT2D eigenvalue weighted by Crippen LogP contribution is -2.11. The first-order valence-corrected chi connectivity index (χ1v) is 6.91. The Morgan fingerprint density at radius 3 is 3.12 bits per heavy atom. The lowest BCUT2D eigenvalue weighted by Gasteiger charge is -2.18. The molecule has 2 aromatic rings. The van der Waals surface area contributed by atoms with Crippen molar-refractivity contribution >= 4 is 11.3 Å². The maximum absolute atomic E-state index is 4.53. The predicted octanol–water partition coefficient (Wildman–Crippen LogP) is 3.21. The molecule has 0 amide bonds. The van der Waals surface area contributed by atoms with Crippen LogP contribution in [-0.4, -0.2) is 14.5 Å². The molecule has 1 aliphatic rings. The zero-order chi connectivity index (χ0) is 11.5. The number of aromatic nitrogens is 3. The Balaban J connectivity index is 1.81. The summed E-state index contributed by atoms with van der Waals surface area (Å²) in [7, 11) is 0. The molecule has 0 bridgehead atoms. The highest BCUT2D eigenvalue weighted by molar-refractivity contribution is 7.07. The van der Waals surface area contributed by atoms with Gasteiger partial charge in [0.15, 0.2) is 0 Å². The van der Waals surface area contributed by atoms with Crippen LogP contribution in [0.2, 0.25) is 0 Å². The second-order valence-corrected chi connectivity index (χ2v) is 5.09. The first kappa shape index (κ1) is 10.7. The highest BCUT2D eigenvalue weighted by Gasteiger charge is 2.17. The van der Waals surface area contributed by atoms with Crippen LogP contribution < -0.4 is 0 Å². The Labute approximate surface area is 105 Å². The second kappa shape index (κ2) is 4.84. The number of thiazole rings is 1. The van der Waals surface area contributed by atoms with E-state index in [2.05, 4.69) is 38.3 Å². The van der Waals surface area contributed by atoms with Gasteiger partial charge in [-0.3, -0.25) is 0 Å². The van der Waals surface area contributed by atoms with Gasteiger partial charge in [0.1, 0.15) is 5.82 Å². The second-order valence-electron chi connectivity index (χ2n) is 4.37. The monoisotopic (exact) mass is 245 g/mol. The van der Waals surface area contributed by atoms with Gasteiger partial charge in [0.2, 0.25) is 0 Å². The fourth-order valence-electron chi connectivity index (χ4n) is 2.33. The van der Waals surface area contributed by atoms with Crippen molar-refractivity contribution in [2.75, 3.05) is 0 Å². The zero-order valence-corrected chi connectivity index (χ0v) is 10.4. The fraction of sp³-hybridized carbons (Fsp3) is 0.385. The molecule has 2 aromatic heterocycles. The molecule has 0 saturated heterocycles. The van der Waals surface area contributed by atoms with E-state index >= 15 is 0 Å². The lowest BCUT2D eigenvalue weighted by molar-refractivity contribution is 0.549. The minimum Gasteiger partial charge on any atom is -0.329 e. The Kier molecular flexibility index (Phi) is 3.05. The largest absolute Gasteiger partial charge is 0.329 e. The minimum atomic E-state index is 0.577. The van der Waals surface area contributed by atoms with E-state index in [1.807, 2.05) is 11.7 Å². The van der Waals surface area contributed by atoms with Crippen LogP contribution in [0.4, 0.5) is 0 Å². The first-order valence-electron chi connectivity index (χ1n) is 5.96. The molecule has 1 atom stereocenters. The van der Waals surface area contributed by atoms with Crippen molar-refractivity contribution in [3.05, 3.63) is 47.0 Å². The molecule has 0 aliphatic heterocycles. The Hall–Kier alpha value is -1.42. The maximum Gasteiger partial charge on any atom is 0.112 e. The van der Waals surface area contributed by atoms with Crippen LogP contribution in [-0.2, 0) is 6.54 Å². The van der Waals surface area contributed by atoms with Crippen molar-refractivity contribution in [3.63, 3.8) is 0 Å². The predicted molar refractivity (Wildman–Crippen MR) is 69.2 cm³/mol. The van der Waals surface area contributed by atoms with E-state index in [4.69, 9.17) is 0 Å². The Morgan fingerprint density at radius 1 is 1.35 bits per heavy atom. The molecule has 0 radical (unpaired) electrons. The van der Waals surface area contributed by atoms with Crippen molar-refractivity contribution < 1.29 is 0 Å². The molecular formula is C13H15N3S. The number of imidazole rings is 1. The highest BCUT2D eigenvalue weighted by atomic mass is 32.1. The third-order valence-electron chi connectivity index (χ3n) is 3.20. The van der Waals surface area contributed by atoms with E-state index < -0.39 is 0 Å². The molecule has 0 aromatic carbocycles. The van der Waals surface area contributed by atoms with Gasteiger partial charge in [-0.1, -0.05) is 12.2 Å². The van der Waals surface area contributed by atoms with Crippen molar-refractivity contribution in [3.8, 4) is 0 Å². The maximum atomic E-state index is 4.53. The number of rotatable bonds is 3. The van der Waals surface area contributed by atoms with E-state index in [0.29, 0.717) is 5.92 Å². The van der Waals surface area contributed by atoms with E-state index in [1.54, 1.807) is 11.3 Å². The van der Waals surface area contributed by atoms with Gasteiger partial charge in [-0.2, -0.15) is 0 Å². The number of nitrogens with zero attached hydrogens (tertiary/aromatic N) is 3. The van der Waals surface area contributed by atoms with Crippen LogP contribution in [0.3, 0.4) is 0 Å². The molecule has 0 fully saturated rings. The summed E-state index contributed by atoms with van der Waals surface area (Å²) >= 11 is 1.65. The van der Waals surface area contributed by atoms with E-state index in [1.165, 1.54) is 18.7 Å². The standard InChI is InChI=1S/C13H15N3S/c1-2-4-11(5-3-1)13-14-6-7-16(13)8-12-9-17-10-15-12/h1-2,6-7,9-11H,3-5,8H2. The molecule has 4 heteroatoms. The van der Waals surface area contributed by atoms with Gasteiger partial charge in [0.05, 0.1) is 17.7 Å². The topological polar surface area (TPSA) is 30.7 Å². The van der Waals surface area contributed by atoms with Gasteiger partial charge < -0.3 is 4.57 Å². The number of hydrogen-bond donors (Lipinski definition) is 0. The first-order chi connectivity index (χ1) is 8.43. The minimum absolute atomic E-state index is 0.577. The quantitative estimate of drug-likeness (QED) is 0.777. The van der Waals surface area contributed by atoms with Crippen LogP contribution in [0, 0.1) is 0 Å². The molecule has 0 spiro atoms. The Bertz CT molecular complexity index is 498. The lowest BCUT2D eigenvalue weighted by atomic mass is 9.93. The third-order valence-corrected chi connectivity index (χ3v) is 3.83. The molecule has 3 rings (SSSR count). The van der Waals surface area contributed by atoms with E-state index in [9.17, 15) is 0 Å². The summed E-state index contributed by atoms with van der Waals surface area (Å²) in [6.45, 7) is 0.846. The summed E-state index contributed by atoms with van der Waals surface area (Å²) in [5.41, 5.74) is 3.01. The summed E-state index contributed by atoms with van der Waals surface area (Å²) in [5.74, 6) is 1.79. The zero-order valence-electron chi connectivity index (χ0n) is 9.62. The van der Waals surface area contributed by atoms with E-state index in [0.717, 1.165) is 18.7 Å². The number of allylic oxidation sites excluding steroid dienone is 2. The smallest absolute Gasteiger partial charge is 0.112 e. The molecule has 1 aliphatic carbocycles. The summed E-state index contributed by atoms with van der Waals surface area (Å²) < 4.78 is 2.24. The van der Waals surface area contributed by atoms with Gasteiger partial charge in [-0.05, 0) is 19.3 Å². The van der Waals surface area contributed by atoms with Gasteiger partial charge in [0, 0.05) is 23.7 Å². The fourth-order valence-corrected chi connectivity index (χ4v) is 2.88. The summed E-state index contributed by atoms with van der Waals surface area (Å²) in [5, 5.41) is 2.10. The summed E-state index contributed by atoms with van der Waals surface area (Å²) in [6, 6.07) is 0. The molecule has 2 heterocycles. The van der Waals surface area contributed by atoms with Crippen molar-refractivity contribution in [2.45, 2.75) is 31.7 Å². The van der Waals surface area contributed by atoms with Gasteiger partial charge in [-0.25, -0.2) is 9.97 Å². The van der Waals surface area contributed by atoms with Crippen LogP contribution in [0.1, 0.15) is 36.7 Å². The normalized spacial score (nSPS) is 19.6. The SMILES string of the molecule is C1=CCC(c2nccn2Cc2cscn2)CC1. The summed E-state index contributed by atoms with van der Waals surface area (Å²) in [4.78, 5) is 8.86. The van der Waals surface area contributed by atoms with Crippen LogP contribution in [0.15, 0.2) is 35.4 Å². The molecular weight excluding hydrogens is 230 g/mol. The van der Waals surface area contributed by atoms with Gasteiger partial charge in [-0.15, -0.1) is 11.3 Å². The molecule has 0 saturated carbocycles. The Morgan fingerprint density at radius 2 is 2.35 bits per heavy atom. The van der Waals surface area contributed by atoms with Crippen LogP contribution in [0.5, 0.6) is 0 Å². The van der Waals surface area contributed by atoms with Gasteiger partial charge >= 0.3 is 0 Å². The highest BCUT2D eigenvalue weighted by Crippen LogP contribution is 2.28. The molecule has 0 N–H and O–H groups in total. The van der Waals surface area contributed by atoms with Crippen molar-refractivity contribution in [1.82, 2.24) is 14.5 Å². The molecule has 17 heavy (non-hydrogen) atoms.